The molecule has 0 N–H and O–H groups in total. The zero-order valence-electron chi connectivity index (χ0n) is 23.0. The molecule has 0 aliphatic carbocycles. The van der Waals surface area contributed by atoms with Crippen LogP contribution in [0.1, 0.15) is 104 Å². The molecule has 0 bridgehead atoms. The van der Waals surface area contributed by atoms with Crippen LogP contribution in [0.15, 0.2) is 18.2 Å². The number of fused-ring (bicyclic) bond motifs is 1. The lowest BCUT2D eigenvalue weighted by molar-refractivity contribution is -0.131. The van der Waals surface area contributed by atoms with E-state index >= 15 is 0 Å². The second-order valence-corrected chi connectivity index (χ2v) is 9.73. The minimum absolute atomic E-state index is 0.151. The predicted molar refractivity (Wildman–Crippen MR) is 142 cm³/mol. The van der Waals surface area contributed by atoms with Crippen LogP contribution < -0.4 is 4.74 Å². The molecule has 0 fully saturated rings. The van der Waals surface area contributed by atoms with Crippen LogP contribution >= 0.6 is 0 Å². The molecule has 0 aromatic heterocycles. The first-order valence-electron chi connectivity index (χ1n) is 13.5. The largest absolute Gasteiger partial charge is 0.493 e. The third kappa shape index (κ3) is 10.5. The number of rotatable bonds is 13. The fraction of sp³-hybridized carbons (Fsp3) is 0.724. The second kappa shape index (κ2) is 16.6. The van der Waals surface area contributed by atoms with E-state index in [4.69, 9.17) is 4.74 Å². The maximum atomic E-state index is 11.3. The molecule has 2 atom stereocenters. The molecule has 0 saturated heterocycles. The molecule has 2 amide bonds. The molecule has 2 rings (SSSR count). The highest BCUT2D eigenvalue weighted by Gasteiger charge is 2.18. The topological polar surface area (TPSA) is 49.9 Å². The number of hydrogen-bond acceptors (Lipinski definition) is 3. The van der Waals surface area contributed by atoms with Crippen molar-refractivity contribution >= 4 is 11.8 Å². The Hall–Kier alpha value is -2.04. The zero-order valence-corrected chi connectivity index (χ0v) is 23.0. The van der Waals surface area contributed by atoms with Crippen molar-refractivity contribution in [3.8, 4) is 5.75 Å². The maximum absolute atomic E-state index is 11.3. The smallest absolute Gasteiger partial charge is 0.222 e. The van der Waals surface area contributed by atoms with E-state index in [0.29, 0.717) is 24.2 Å². The Morgan fingerprint density at radius 1 is 1.06 bits per heavy atom. The third-order valence-corrected chi connectivity index (χ3v) is 6.79. The standard InChI is InChI=1S/C19H29NO2.C10H21NO/c1-5-16(12-14(2)8-10-20(4)15(3)21)17-6-7-19-18(13-17)9-11-22-19;1-4-7-9-11(8-5-2)10(12)6-3/h6-7,13-14,16H,5,8-12H2,1-4H3;4-9H2,1-3H3. The summed E-state index contributed by atoms with van der Waals surface area (Å²) in [6.07, 6.45) is 8.45. The number of carbonyl (C=O) groups excluding carboxylic acids is 2. The van der Waals surface area contributed by atoms with Crippen molar-refractivity contribution in [2.24, 2.45) is 5.92 Å². The Morgan fingerprint density at radius 2 is 1.79 bits per heavy atom. The molecule has 0 saturated carbocycles. The van der Waals surface area contributed by atoms with Gasteiger partial charge in [0.15, 0.2) is 0 Å². The van der Waals surface area contributed by atoms with Gasteiger partial charge < -0.3 is 14.5 Å². The molecule has 194 valence electrons. The second-order valence-electron chi connectivity index (χ2n) is 9.73. The number of amides is 2. The van der Waals surface area contributed by atoms with Crippen LogP contribution in [-0.2, 0) is 16.0 Å². The number of unbranched alkanes of at least 4 members (excludes halogenated alkanes) is 1. The Morgan fingerprint density at radius 3 is 2.38 bits per heavy atom. The van der Waals surface area contributed by atoms with Gasteiger partial charge in [0.1, 0.15) is 5.75 Å². The molecule has 0 spiro atoms. The van der Waals surface area contributed by atoms with Crippen LogP contribution in [0.5, 0.6) is 5.75 Å². The highest BCUT2D eigenvalue weighted by Crippen LogP contribution is 2.33. The summed E-state index contributed by atoms with van der Waals surface area (Å²) in [5, 5.41) is 0. The first kappa shape index (κ1) is 30.0. The van der Waals surface area contributed by atoms with Crippen LogP contribution in [-0.4, -0.2) is 54.9 Å². The molecule has 34 heavy (non-hydrogen) atoms. The van der Waals surface area contributed by atoms with Gasteiger partial charge in [0.2, 0.25) is 11.8 Å². The van der Waals surface area contributed by atoms with E-state index in [1.165, 1.54) is 17.5 Å². The number of nitrogens with zero attached hydrogens (tertiary/aromatic N) is 2. The molecule has 1 heterocycles. The van der Waals surface area contributed by atoms with Gasteiger partial charge in [-0.15, -0.1) is 0 Å². The van der Waals surface area contributed by atoms with Crippen molar-refractivity contribution in [3.05, 3.63) is 29.3 Å². The van der Waals surface area contributed by atoms with E-state index < -0.39 is 0 Å². The summed E-state index contributed by atoms with van der Waals surface area (Å²) in [6, 6.07) is 6.70. The van der Waals surface area contributed by atoms with Crippen LogP contribution in [0.2, 0.25) is 0 Å². The van der Waals surface area contributed by atoms with Crippen molar-refractivity contribution in [1.29, 1.82) is 0 Å². The minimum atomic E-state index is 0.151. The molecule has 1 aromatic rings. The van der Waals surface area contributed by atoms with Gasteiger partial charge in [-0.2, -0.15) is 0 Å². The van der Waals surface area contributed by atoms with E-state index in [9.17, 15) is 9.59 Å². The fourth-order valence-corrected chi connectivity index (χ4v) is 4.38. The number of carbonyl (C=O) groups is 2. The lowest BCUT2D eigenvalue weighted by atomic mass is 9.85. The summed E-state index contributed by atoms with van der Waals surface area (Å²) in [5.41, 5.74) is 2.80. The Bertz CT molecular complexity index is 734. The Labute approximate surface area is 209 Å². The summed E-state index contributed by atoms with van der Waals surface area (Å²) in [7, 11) is 1.88. The first-order chi connectivity index (χ1) is 16.3. The minimum Gasteiger partial charge on any atom is -0.493 e. The Kier molecular flexibility index (Phi) is 14.6. The van der Waals surface area contributed by atoms with Gasteiger partial charge in [0.05, 0.1) is 6.61 Å². The van der Waals surface area contributed by atoms with Crippen LogP contribution in [0, 0.1) is 5.92 Å². The van der Waals surface area contributed by atoms with E-state index in [1.807, 2.05) is 23.8 Å². The molecule has 2 unspecified atom stereocenters. The average Bonchev–Trinajstić information content (AvgIpc) is 3.31. The summed E-state index contributed by atoms with van der Waals surface area (Å²) >= 11 is 0. The number of ether oxygens (including phenoxy) is 1. The van der Waals surface area contributed by atoms with E-state index in [0.717, 1.165) is 70.5 Å². The average molecular weight is 475 g/mol. The van der Waals surface area contributed by atoms with Gasteiger partial charge in [-0.3, -0.25) is 9.59 Å². The van der Waals surface area contributed by atoms with E-state index in [-0.39, 0.29) is 5.91 Å². The Balaban J connectivity index is 0.000000411. The highest BCUT2D eigenvalue weighted by molar-refractivity contribution is 5.75. The molecule has 5 nitrogen and oxygen atoms in total. The van der Waals surface area contributed by atoms with Crippen molar-refractivity contribution in [3.63, 3.8) is 0 Å². The summed E-state index contributed by atoms with van der Waals surface area (Å²) in [5.74, 6) is 2.73. The molecule has 0 radical (unpaired) electrons. The van der Waals surface area contributed by atoms with Gasteiger partial charge in [0.25, 0.3) is 0 Å². The third-order valence-electron chi connectivity index (χ3n) is 6.79. The molecule has 1 aliphatic heterocycles. The van der Waals surface area contributed by atoms with Crippen LogP contribution in [0.4, 0.5) is 0 Å². The molecule has 1 aliphatic rings. The predicted octanol–water partition coefficient (Wildman–Crippen LogP) is 6.44. The van der Waals surface area contributed by atoms with E-state index in [1.54, 1.807) is 6.92 Å². The van der Waals surface area contributed by atoms with Gasteiger partial charge in [-0.25, -0.2) is 0 Å². The summed E-state index contributed by atoms with van der Waals surface area (Å²) < 4.78 is 5.60. The maximum Gasteiger partial charge on any atom is 0.222 e. The van der Waals surface area contributed by atoms with Crippen molar-refractivity contribution in [2.75, 3.05) is 33.3 Å². The first-order valence-corrected chi connectivity index (χ1v) is 13.5. The van der Waals surface area contributed by atoms with Gasteiger partial charge >= 0.3 is 0 Å². The van der Waals surface area contributed by atoms with E-state index in [2.05, 4.69) is 45.9 Å². The molecule has 5 heteroatoms. The number of hydrogen-bond donors (Lipinski definition) is 0. The lowest BCUT2D eigenvalue weighted by Crippen LogP contribution is -2.31. The van der Waals surface area contributed by atoms with Gasteiger partial charge in [0, 0.05) is 46.4 Å². The van der Waals surface area contributed by atoms with Gasteiger partial charge in [-0.1, -0.05) is 53.2 Å². The lowest BCUT2D eigenvalue weighted by Gasteiger charge is -2.23. The molecular weight excluding hydrogens is 424 g/mol. The van der Waals surface area contributed by atoms with Crippen molar-refractivity contribution in [2.45, 2.75) is 98.8 Å². The van der Waals surface area contributed by atoms with Crippen LogP contribution in [0.25, 0.3) is 0 Å². The van der Waals surface area contributed by atoms with Crippen LogP contribution in [0.3, 0.4) is 0 Å². The fourth-order valence-electron chi connectivity index (χ4n) is 4.38. The summed E-state index contributed by atoms with van der Waals surface area (Å²) in [4.78, 5) is 26.4. The molecular formula is C29H50N2O3. The normalized spacial score (nSPS) is 13.7. The SMILES string of the molecule is CCC(CC(C)CCN(C)C(C)=O)c1ccc2c(c1)CCO2.CCCCN(CCC)C(=O)CC. The zero-order chi connectivity index (χ0) is 25.5. The monoisotopic (exact) mass is 474 g/mol. The quantitative estimate of drug-likeness (QED) is 0.330. The highest BCUT2D eigenvalue weighted by atomic mass is 16.5. The van der Waals surface area contributed by atoms with Crippen molar-refractivity contribution in [1.82, 2.24) is 9.80 Å². The van der Waals surface area contributed by atoms with Crippen molar-refractivity contribution < 1.29 is 14.3 Å². The summed E-state index contributed by atoms with van der Waals surface area (Å²) in [6.45, 7) is 15.9. The number of benzene rings is 1. The van der Waals surface area contributed by atoms with Gasteiger partial charge in [-0.05, 0) is 61.1 Å². The molecule has 1 aromatic carbocycles.